The Bertz CT molecular complexity index is 410. The number of carbonyl (C=O) groups is 2. The fourth-order valence-corrected chi connectivity index (χ4v) is 3.44. The summed E-state index contributed by atoms with van der Waals surface area (Å²) in [6, 6.07) is 0.0798. The van der Waals surface area contributed by atoms with E-state index < -0.39 is 0 Å². The van der Waals surface area contributed by atoms with Gasteiger partial charge in [-0.2, -0.15) is 0 Å². The van der Waals surface area contributed by atoms with Crippen molar-refractivity contribution in [2.75, 3.05) is 40.0 Å². The average molecular weight is 298 g/mol. The van der Waals surface area contributed by atoms with E-state index in [0.29, 0.717) is 32.7 Å². The summed E-state index contributed by atoms with van der Waals surface area (Å²) in [4.78, 5) is 31.8. The SMILES string of the molecule is COCC(=O)N1C[C@@H](C(=O)N2CCCO2)C[C@@H]2OCC[C@@H]21. The summed E-state index contributed by atoms with van der Waals surface area (Å²) < 4.78 is 10.7. The number of amides is 2. The van der Waals surface area contributed by atoms with Gasteiger partial charge in [-0.15, -0.1) is 0 Å². The fraction of sp³-hybridized carbons (Fsp3) is 0.857. The summed E-state index contributed by atoms with van der Waals surface area (Å²) >= 11 is 0. The molecule has 0 aromatic carbocycles. The molecule has 0 N–H and O–H groups in total. The van der Waals surface area contributed by atoms with Crippen LogP contribution < -0.4 is 0 Å². The number of ether oxygens (including phenoxy) is 2. The Morgan fingerprint density at radius 3 is 2.90 bits per heavy atom. The van der Waals surface area contributed by atoms with E-state index in [1.54, 1.807) is 4.90 Å². The maximum absolute atomic E-state index is 12.5. The van der Waals surface area contributed by atoms with Crippen LogP contribution in [0.2, 0.25) is 0 Å². The normalized spacial score (nSPS) is 32.3. The molecular weight excluding hydrogens is 276 g/mol. The maximum Gasteiger partial charge on any atom is 0.251 e. The van der Waals surface area contributed by atoms with Gasteiger partial charge in [-0.05, 0) is 19.3 Å². The van der Waals surface area contributed by atoms with Crippen molar-refractivity contribution in [2.24, 2.45) is 5.92 Å². The third-order valence-corrected chi connectivity index (χ3v) is 4.44. The summed E-state index contributed by atoms with van der Waals surface area (Å²) in [7, 11) is 1.51. The molecule has 0 spiro atoms. The van der Waals surface area contributed by atoms with Gasteiger partial charge in [0, 0.05) is 20.3 Å². The topological polar surface area (TPSA) is 68.3 Å². The van der Waals surface area contributed by atoms with Crippen molar-refractivity contribution in [3.63, 3.8) is 0 Å². The van der Waals surface area contributed by atoms with Gasteiger partial charge in [0.15, 0.2) is 0 Å². The Balaban J connectivity index is 1.71. The van der Waals surface area contributed by atoms with Crippen LogP contribution in [-0.4, -0.2) is 73.9 Å². The second-order valence-electron chi connectivity index (χ2n) is 5.80. The first-order valence-corrected chi connectivity index (χ1v) is 7.55. The zero-order valence-electron chi connectivity index (χ0n) is 12.3. The summed E-state index contributed by atoms with van der Waals surface area (Å²) in [5.74, 6) is -0.349. The van der Waals surface area contributed by atoms with Gasteiger partial charge in [0.2, 0.25) is 5.91 Å². The van der Waals surface area contributed by atoms with Gasteiger partial charge in [0.05, 0.1) is 31.2 Å². The minimum absolute atomic E-state index is 0.0309. The number of hydrogen-bond acceptors (Lipinski definition) is 5. The molecule has 0 unspecified atom stereocenters. The molecule has 3 atom stereocenters. The summed E-state index contributed by atoms with van der Waals surface area (Å²) in [5.41, 5.74) is 0. The van der Waals surface area contributed by atoms with Crippen LogP contribution in [0.1, 0.15) is 19.3 Å². The largest absolute Gasteiger partial charge is 0.376 e. The maximum atomic E-state index is 12.5. The van der Waals surface area contributed by atoms with Crippen LogP contribution in [0.4, 0.5) is 0 Å². The molecule has 0 aliphatic carbocycles. The molecule has 118 valence electrons. The molecule has 0 aromatic heterocycles. The van der Waals surface area contributed by atoms with E-state index in [4.69, 9.17) is 14.3 Å². The van der Waals surface area contributed by atoms with Gasteiger partial charge < -0.3 is 14.4 Å². The molecule has 7 heteroatoms. The van der Waals surface area contributed by atoms with Crippen molar-refractivity contribution in [1.29, 1.82) is 0 Å². The molecule has 2 amide bonds. The highest BCUT2D eigenvalue weighted by Crippen LogP contribution is 2.32. The van der Waals surface area contributed by atoms with E-state index in [2.05, 4.69) is 0 Å². The van der Waals surface area contributed by atoms with Crippen LogP contribution >= 0.6 is 0 Å². The van der Waals surface area contributed by atoms with Crippen molar-refractivity contribution in [2.45, 2.75) is 31.4 Å². The van der Waals surface area contributed by atoms with Crippen LogP contribution in [-0.2, 0) is 23.9 Å². The zero-order chi connectivity index (χ0) is 14.8. The average Bonchev–Trinajstić information content (AvgIpc) is 3.16. The number of likely N-dealkylation sites (tertiary alicyclic amines) is 1. The first-order valence-electron chi connectivity index (χ1n) is 7.55. The molecular formula is C14H22N2O5. The molecule has 21 heavy (non-hydrogen) atoms. The molecule has 3 aliphatic rings. The summed E-state index contributed by atoms with van der Waals surface area (Å²) in [6.45, 7) is 2.35. The van der Waals surface area contributed by atoms with Crippen LogP contribution in [0.25, 0.3) is 0 Å². The smallest absolute Gasteiger partial charge is 0.251 e. The summed E-state index contributed by atoms with van der Waals surface area (Å²) in [6.07, 6.45) is 2.32. The number of piperidine rings is 1. The highest BCUT2D eigenvalue weighted by molar-refractivity contribution is 5.82. The van der Waals surface area contributed by atoms with Gasteiger partial charge >= 0.3 is 0 Å². The molecule has 3 fully saturated rings. The number of methoxy groups -OCH3 is 1. The van der Waals surface area contributed by atoms with Crippen molar-refractivity contribution in [3.8, 4) is 0 Å². The first-order chi connectivity index (χ1) is 10.2. The Hall–Kier alpha value is -1.18. The summed E-state index contributed by atoms with van der Waals surface area (Å²) in [5, 5.41) is 1.44. The lowest BCUT2D eigenvalue weighted by Gasteiger charge is -2.40. The number of hydroxylamine groups is 2. The van der Waals surface area contributed by atoms with Gasteiger partial charge in [0.25, 0.3) is 5.91 Å². The van der Waals surface area contributed by atoms with Crippen molar-refractivity contribution in [3.05, 3.63) is 0 Å². The Morgan fingerprint density at radius 2 is 2.19 bits per heavy atom. The zero-order valence-corrected chi connectivity index (χ0v) is 12.3. The molecule has 0 radical (unpaired) electrons. The van der Waals surface area contributed by atoms with E-state index in [-0.39, 0.29) is 36.5 Å². The Kier molecular flexibility index (Phi) is 4.42. The second-order valence-corrected chi connectivity index (χ2v) is 5.80. The van der Waals surface area contributed by atoms with E-state index in [1.807, 2.05) is 0 Å². The third kappa shape index (κ3) is 2.90. The predicted molar refractivity (Wildman–Crippen MR) is 72.1 cm³/mol. The van der Waals surface area contributed by atoms with Crippen LogP contribution in [0.15, 0.2) is 0 Å². The monoisotopic (exact) mass is 298 g/mol. The van der Waals surface area contributed by atoms with Gasteiger partial charge in [-0.25, -0.2) is 5.06 Å². The lowest BCUT2D eigenvalue weighted by molar-refractivity contribution is -0.178. The number of nitrogens with zero attached hydrogens (tertiary/aromatic N) is 2. The lowest BCUT2D eigenvalue weighted by atomic mass is 9.89. The number of carbonyl (C=O) groups excluding carboxylic acids is 2. The standard InChI is InChI=1S/C14H22N2O5/c1-19-9-13(17)15-8-10(7-12-11(15)3-6-20-12)14(18)16-4-2-5-21-16/h10-12H,2-9H2,1H3/t10-,11-,12-/m0/s1. The molecule has 0 aromatic rings. The van der Waals surface area contributed by atoms with Crippen molar-refractivity contribution in [1.82, 2.24) is 9.96 Å². The van der Waals surface area contributed by atoms with E-state index in [0.717, 1.165) is 12.8 Å². The second kappa shape index (κ2) is 6.29. The third-order valence-electron chi connectivity index (χ3n) is 4.44. The van der Waals surface area contributed by atoms with Crippen LogP contribution in [0, 0.1) is 5.92 Å². The molecule has 0 saturated carbocycles. The lowest BCUT2D eigenvalue weighted by Crippen LogP contribution is -2.55. The fourth-order valence-electron chi connectivity index (χ4n) is 3.44. The molecule has 3 saturated heterocycles. The van der Waals surface area contributed by atoms with Gasteiger partial charge in [-0.1, -0.05) is 0 Å². The highest BCUT2D eigenvalue weighted by atomic mass is 16.7. The van der Waals surface area contributed by atoms with Gasteiger partial charge in [0.1, 0.15) is 6.61 Å². The van der Waals surface area contributed by atoms with Crippen molar-refractivity contribution < 1.29 is 23.9 Å². The number of fused-ring (bicyclic) bond motifs is 1. The van der Waals surface area contributed by atoms with E-state index in [1.165, 1.54) is 12.2 Å². The Morgan fingerprint density at radius 1 is 1.33 bits per heavy atom. The van der Waals surface area contributed by atoms with E-state index >= 15 is 0 Å². The molecule has 3 aliphatic heterocycles. The predicted octanol–water partition coefficient (Wildman–Crippen LogP) is -0.197. The number of hydrogen-bond donors (Lipinski definition) is 0. The minimum Gasteiger partial charge on any atom is -0.376 e. The molecule has 7 nitrogen and oxygen atoms in total. The van der Waals surface area contributed by atoms with Crippen molar-refractivity contribution >= 4 is 11.8 Å². The minimum atomic E-state index is -0.247. The quantitative estimate of drug-likeness (QED) is 0.722. The van der Waals surface area contributed by atoms with E-state index in [9.17, 15) is 9.59 Å². The van der Waals surface area contributed by atoms with Crippen LogP contribution in [0.3, 0.4) is 0 Å². The van der Waals surface area contributed by atoms with Gasteiger partial charge in [-0.3, -0.25) is 14.4 Å². The first kappa shape index (κ1) is 14.7. The number of rotatable bonds is 3. The highest BCUT2D eigenvalue weighted by Gasteiger charge is 2.45. The van der Waals surface area contributed by atoms with Crippen LogP contribution in [0.5, 0.6) is 0 Å². The molecule has 0 bridgehead atoms. The molecule has 3 heterocycles. The Labute approximate surface area is 124 Å². The molecule has 3 rings (SSSR count).